The van der Waals surface area contributed by atoms with E-state index in [1.165, 1.54) is 5.71 Å². The minimum absolute atomic E-state index is 0.911. The summed E-state index contributed by atoms with van der Waals surface area (Å²) in [6.45, 7) is 7.77. The molecule has 0 aliphatic carbocycles. The summed E-state index contributed by atoms with van der Waals surface area (Å²) in [5.74, 6) is 0.993. The Kier molecular flexibility index (Phi) is 8.14. The summed E-state index contributed by atoms with van der Waals surface area (Å²) in [6.07, 6.45) is 1.05. The molecule has 0 heterocycles. The molecule has 2 nitrogen and oxygen atoms in total. The third-order valence-electron chi connectivity index (χ3n) is 1.66. The molecule has 0 amide bonds. The van der Waals surface area contributed by atoms with Crippen molar-refractivity contribution in [2.45, 2.75) is 13.3 Å². The van der Waals surface area contributed by atoms with Crippen LogP contribution in [0.4, 0.5) is 0 Å². The van der Waals surface area contributed by atoms with Crippen LogP contribution in [0.3, 0.4) is 0 Å². The molecule has 76 valence electrons. The molecule has 0 spiro atoms. The molecule has 0 aromatic rings. The van der Waals surface area contributed by atoms with E-state index in [-0.39, 0.29) is 0 Å². The number of nitrogens with zero attached hydrogens (tertiary/aromatic N) is 2. The zero-order chi connectivity index (χ0) is 10.1. The lowest BCUT2D eigenvalue weighted by molar-refractivity contribution is 0.420. The Morgan fingerprint density at radius 1 is 1.54 bits per heavy atom. The molecule has 0 aromatic carbocycles. The lowest BCUT2D eigenvalue weighted by Gasteiger charge is -2.07. The van der Waals surface area contributed by atoms with E-state index < -0.39 is 0 Å². The van der Waals surface area contributed by atoms with Crippen LogP contribution in [0, 0.1) is 0 Å². The van der Waals surface area contributed by atoms with Crippen LogP contribution in [0.5, 0.6) is 0 Å². The highest BCUT2D eigenvalue weighted by molar-refractivity contribution is 8.02. The SMILES string of the molecule is C=CSCC(CC)=NCCN(C)C. The standard InChI is InChI=1S/C10H20N2S/c1-5-10(9-13-6-2)11-7-8-12(3)4/h6H,2,5,7-9H2,1,3-4H3. The van der Waals surface area contributed by atoms with E-state index in [4.69, 9.17) is 0 Å². The fourth-order valence-corrected chi connectivity index (χ4v) is 1.43. The van der Waals surface area contributed by atoms with Crippen molar-refractivity contribution in [2.24, 2.45) is 4.99 Å². The summed E-state index contributed by atoms with van der Waals surface area (Å²) in [5.41, 5.74) is 1.28. The fraction of sp³-hybridized carbons (Fsp3) is 0.700. The molecule has 0 aliphatic rings. The monoisotopic (exact) mass is 200 g/mol. The van der Waals surface area contributed by atoms with Crippen LogP contribution in [0.1, 0.15) is 13.3 Å². The molecular formula is C10H20N2S. The van der Waals surface area contributed by atoms with Crippen LogP contribution < -0.4 is 0 Å². The second-order valence-electron chi connectivity index (χ2n) is 3.08. The maximum absolute atomic E-state index is 4.53. The maximum atomic E-state index is 4.53. The predicted molar refractivity (Wildman–Crippen MR) is 63.8 cm³/mol. The van der Waals surface area contributed by atoms with Gasteiger partial charge in [0.15, 0.2) is 0 Å². The first-order chi connectivity index (χ1) is 6.20. The quantitative estimate of drug-likeness (QED) is 0.586. The van der Waals surface area contributed by atoms with Crippen LogP contribution >= 0.6 is 11.8 Å². The van der Waals surface area contributed by atoms with E-state index in [0.29, 0.717) is 0 Å². The highest BCUT2D eigenvalue weighted by atomic mass is 32.2. The molecule has 0 saturated carbocycles. The molecular weight excluding hydrogens is 180 g/mol. The first-order valence-corrected chi connectivity index (χ1v) is 5.65. The zero-order valence-corrected chi connectivity index (χ0v) is 9.73. The van der Waals surface area contributed by atoms with Crippen molar-refractivity contribution in [3.8, 4) is 0 Å². The second kappa shape index (κ2) is 8.32. The first kappa shape index (κ1) is 12.7. The second-order valence-corrected chi connectivity index (χ2v) is 4.04. The minimum Gasteiger partial charge on any atom is -0.308 e. The van der Waals surface area contributed by atoms with Gasteiger partial charge in [0.25, 0.3) is 0 Å². The van der Waals surface area contributed by atoms with Crippen LogP contribution in [0.15, 0.2) is 17.0 Å². The number of likely N-dealkylation sites (N-methyl/N-ethyl adjacent to an activating group) is 1. The zero-order valence-electron chi connectivity index (χ0n) is 8.92. The van der Waals surface area contributed by atoms with Gasteiger partial charge in [0.2, 0.25) is 0 Å². The van der Waals surface area contributed by atoms with Crippen LogP contribution in [0.25, 0.3) is 0 Å². The molecule has 0 radical (unpaired) electrons. The van der Waals surface area contributed by atoms with Gasteiger partial charge >= 0.3 is 0 Å². The number of thioether (sulfide) groups is 1. The van der Waals surface area contributed by atoms with Gasteiger partial charge in [-0.3, -0.25) is 4.99 Å². The lowest BCUT2D eigenvalue weighted by atomic mass is 10.3. The van der Waals surface area contributed by atoms with Gasteiger partial charge in [-0.25, -0.2) is 0 Å². The summed E-state index contributed by atoms with van der Waals surface area (Å²) in [4.78, 5) is 6.68. The average molecular weight is 200 g/mol. The molecule has 0 aliphatic heterocycles. The van der Waals surface area contributed by atoms with Crippen molar-refractivity contribution in [2.75, 3.05) is 32.9 Å². The van der Waals surface area contributed by atoms with E-state index in [0.717, 1.165) is 25.3 Å². The van der Waals surface area contributed by atoms with E-state index in [1.807, 2.05) is 5.41 Å². The van der Waals surface area contributed by atoms with E-state index in [9.17, 15) is 0 Å². The summed E-state index contributed by atoms with van der Waals surface area (Å²) in [6, 6.07) is 0. The lowest BCUT2D eigenvalue weighted by Crippen LogP contribution is -2.16. The van der Waals surface area contributed by atoms with Gasteiger partial charge in [-0.2, -0.15) is 0 Å². The third kappa shape index (κ3) is 8.06. The average Bonchev–Trinajstić information content (AvgIpc) is 2.10. The molecule has 0 saturated heterocycles. The van der Waals surface area contributed by atoms with Gasteiger partial charge in [0, 0.05) is 18.0 Å². The highest BCUT2D eigenvalue weighted by Crippen LogP contribution is 2.03. The fourth-order valence-electron chi connectivity index (χ4n) is 0.823. The number of hydrogen-bond acceptors (Lipinski definition) is 3. The normalized spacial score (nSPS) is 12.2. The Labute approximate surface area is 86.1 Å². The Morgan fingerprint density at radius 2 is 2.23 bits per heavy atom. The predicted octanol–water partition coefficient (Wildman–Crippen LogP) is 2.28. The van der Waals surface area contributed by atoms with Gasteiger partial charge in [-0.1, -0.05) is 13.5 Å². The molecule has 0 atom stereocenters. The van der Waals surface area contributed by atoms with Crippen LogP contribution in [0.2, 0.25) is 0 Å². The molecule has 0 unspecified atom stereocenters. The van der Waals surface area contributed by atoms with Crippen molar-refractivity contribution in [3.05, 3.63) is 12.0 Å². The van der Waals surface area contributed by atoms with Crippen molar-refractivity contribution in [3.63, 3.8) is 0 Å². The number of hydrogen-bond donors (Lipinski definition) is 0. The molecule has 0 aromatic heterocycles. The Balaban J connectivity index is 3.70. The Morgan fingerprint density at radius 3 is 2.69 bits per heavy atom. The largest absolute Gasteiger partial charge is 0.308 e. The number of rotatable bonds is 7. The summed E-state index contributed by atoms with van der Waals surface area (Å²) in [5, 5.41) is 1.87. The number of aliphatic imine (C=N–C) groups is 1. The van der Waals surface area contributed by atoms with Crippen molar-refractivity contribution >= 4 is 17.5 Å². The molecule has 0 N–H and O–H groups in total. The molecule has 3 heteroatoms. The van der Waals surface area contributed by atoms with Gasteiger partial charge in [-0.15, -0.1) is 11.8 Å². The Hall–Kier alpha value is -0.280. The molecule has 0 rings (SSSR count). The topological polar surface area (TPSA) is 15.6 Å². The first-order valence-electron chi connectivity index (χ1n) is 4.60. The van der Waals surface area contributed by atoms with Gasteiger partial charge in [-0.05, 0) is 25.9 Å². The van der Waals surface area contributed by atoms with Gasteiger partial charge in [0.1, 0.15) is 0 Å². The summed E-state index contributed by atoms with van der Waals surface area (Å²) in [7, 11) is 4.14. The van der Waals surface area contributed by atoms with Crippen LogP contribution in [-0.4, -0.2) is 43.5 Å². The molecule has 13 heavy (non-hydrogen) atoms. The van der Waals surface area contributed by atoms with E-state index >= 15 is 0 Å². The maximum Gasteiger partial charge on any atom is 0.0516 e. The van der Waals surface area contributed by atoms with Crippen molar-refractivity contribution in [1.82, 2.24) is 4.90 Å². The summed E-state index contributed by atoms with van der Waals surface area (Å²) < 4.78 is 0. The third-order valence-corrected chi connectivity index (χ3v) is 2.39. The van der Waals surface area contributed by atoms with E-state index in [1.54, 1.807) is 11.8 Å². The van der Waals surface area contributed by atoms with E-state index in [2.05, 4.69) is 37.5 Å². The van der Waals surface area contributed by atoms with Crippen molar-refractivity contribution in [1.29, 1.82) is 0 Å². The Bertz CT molecular complexity index is 164. The summed E-state index contributed by atoms with van der Waals surface area (Å²) >= 11 is 1.72. The molecule has 0 fully saturated rings. The van der Waals surface area contributed by atoms with Gasteiger partial charge < -0.3 is 4.90 Å². The highest BCUT2D eigenvalue weighted by Gasteiger charge is 1.95. The minimum atomic E-state index is 0.911. The molecule has 0 bridgehead atoms. The smallest absolute Gasteiger partial charge is 0.0516 e. The van der Waals surface area contributed by atoms with Crippen molar-refractivity contribution < 1.29 is 0 Å². The van der Waals surface area contributed by atoms with Gasteiger partial charge in [0.05, 0.1) is 6.54 Å². The van der Waals surface area contributed by atoms with Crippen LogP contribution in [-0.2, 0) is 0 Å².